The van der Waals surface area contributed by atoms with Crippen LogP contribution in [-0.2, 0) is 33.3 Å². The van der Waals surface area contributed by atoms with Gasteiger partial charge in [0.05, 0.1) is 10.8 Å². The zero-order valence-electron chi connectivity index (χ0n) is 24.0. The van der Waals surface area contributed by atoms with Crippen LogP contribution in [0, 0.1) is 22.7 Å². The largest absolute Gasteiger partial charge is 0.508 e. The van der Waals surface area contributed by atoms with Crippen LogP contribution in [0.25, 0.3) is 0 Å². The lowest BCUT2D eigenvalue weighted by molar-refractivity contribution is -0.150. The van der Waals surface area contributed by atoms with Crippen molar-refractivity contribution in [1.29, 1.82) is 0 Å². The van der Waals surface area contributed by atoms with Crippen LogP contribution >= 0.6 is 0 Å². The highest BCUT2D eigenvalue weighted by molar-refractivity contribution is 6.00. The van der Waals surface area contributed by atoms with Crippen LogP contribution in [0.4, 0.5) is 5.69 Å². The molecule has 6 atom stereocenters. The summed E-state index contributed by atoms with van der Waals surface area (Å²) in [6, 6.07) is 12.0. The van der Waals surface area contributed by atoms with Gasteiger partial charge >= 0.3 is 0 Å². The smallest absolute Gasteiger partial charge is 0.232 e. The van der Waals surface area contributed by atoms with Gasteiger partial charge in [0.25, 0.3) is 0 Å². The third kappa shape index (κ3) is 3.78. The molecule has 0 bridgehead atoms. The minimum atomic E-state index is -0.631. The molecule has 0 saturated heterocycles. The highest BCUT2D eigenvalue weighted by Crippen LogP contribution is 2.59. The summed E-state index contributed by atoms with van der Waals surface area (Å²) in [5.41, 5.74) is 10.5. The first-order valence-electron chi connectivity index (χ1n) is 15.0. The number of hydrogen-bond acceptors (Lipinski definition) is 4. The molecule has 0 spiro atoms. The molecule has 4 N–H and O–H groups in total. The van der Waals surface area contributed by atoms with Crippen LogP contribution in [-0.4, -0.2) is 16.9 Å². The van der Waals surface area contributed by atoms with E-state index in [2.05, 4.69) is 45.1 Å². The number of nitrogen functional groups attached to an aromatic ring is 1. The second-order valence-electron chi connectivity index (χ2n) is 14.1. The summed E-state index contributed by atoms with van der Waals surface area (Å²) in [4.78, 5) is 28.4. The van der Waals surface area contributed by atoms with Gasteiger partial charge in [-0.2, -0.15) is 0 Å². The van der Waals surface area contributed by atoms with E-state index < -0.39 is 10.8 Å². The molecule has 0 radical (unpaired) electrons. The number of rotatable bonds is 2. The molecule has 4 aliphatic carbocycles. The molecule has 208 valence electrons. The van der Waals surface area contributed by atoms with Crippen molar-refractivity contribution in [3.05, 3.63) is 58.7 Å². The second-order valence-corrected chi connectivity index (χ2v) is 14.1. The summed E-state index contributed by atoms with van der Waals surface area (Å²) in [5, 5.41) is 13.3. The highest BCUT2D eigenvalue weighted by atomic mass is 16.3. The maximum atomic E-state index is 14.2. The highest BCUT2D eigenvalue weighted by Gasteiger charge is 2.58. The van der Waals surface area contributed by atoms with Gasteiger partial charge < -0.3 is 10.8 Å². The Balaban J connectivity index is 1.28. The number of anilines is 1. The Hall–Kier alpha value is -2.82. The van der Waals surface area contributed by atoms with Crippen LogP contribution in [0.1, 0.15) is 101 Å². The number of carbonyl (C=O) groups is 2. The van der Waals surface area contributed by atoms with E-state index in [4.69, 9.17) is 5.73 Å². The lowest BCUT2D eigenvalue weighted by Crippen LogP contribution is -2.60. The van der Waals surface area contributed by atoms with Gasteiger partial charge in [-0.05, 0) is 121 Å². The second kappa shape index (κ2) is 8.84. The summed E-state index contributed by atoms with van der Waals surface area (Å²) in [7, 11) is 0. The standard InChI is InChI=1S/C34H44N2O3/c1-31-15-5-17-33(3,27(31)13-9-21-7-11-23(35)19-25(21)31)29(38)36-30(39)34(4)18-6-16-32(2)26-20-24(37)12-8-22(26)10-14-28(32)34/h7-8,11-12,19-20,27-28,37H,5-6,9-10,13-18,35H2,1-4H3,(H,36,38,39)/t27-,28-,31-,32-,33+,34+/m1/s1. The van der Waals surface area contributed by atoms with Crippen molar-refractivity contribution in [3.63, 3.8) is 0 Å². The lowest BCUT2D eigenvalue weighted by Gasteiger charge is -2.56. The number of amides is 2. The molecule has 2 aromatic carbocycles. The van der Waals surface area contributed by atoms with E-state index in [-0.39, 0.29) is 40.2 Å². The van der Waals surface area contributed by atoms with Crippen molar-refractivity contribution < 1.29 is 14.7 Å². The third-order valence-corrected chi connectivity index (χ3v) is 12.0. The number of carbonyl (C=O) groups excluding carboxylic acids is 2. The number of nitrogens with one attached hydrogen (secondary N) is 1. The van der Waals surface area contributed by atoms with E-state index in [1.807, 2.05) is 18.2 Å². The van der Waals surface area contributed by atoms with E-state index in [0.717, 1.165) is 69.9 Å². The molecule has 2 amide bonds. The van der Waals surface area contributed by atoms with Gasteiger partial charge in [-0.1, -0.05) is 52.7 Å². The number of hydrogen-bond donors (Lipinski definition) is 3. The van der Waals surface area contributed by atoms with Gasteiger partial charge in [-0.25, -0.2) is 0 Å². The number of benzene rings is 2. The Bertz CT molecular complexity index is 1250. The molecular weight excluding hydrogens is 484 g/mol. The van der Waals surface area contributed by atoms with Crippen LogP contribution < -0.4 is 11.1 Å². The number of aromatic hydroxyl groups is 1. The Morgan fingerprint density at radius 1 is 0.769 bits per heavy atom. The first-order valence-corrected chi connectivity index (χ1v) is 15.0. The SMILES string of the molecule is C[C@]1(C(=O)NC(=O)[C@@]2(C)CCC[C@]3(C)c4cc(O)ccc4CC[C@@H]23)CCC[C@]2(C)c3cc(N)ccc3CC[C@@H]12. The molecule has 5 heteroatoms. The van der Waals surface area contributed by atoms with Gasteiger partial charge in [0, 0.05) is 5.69 Å². The third-order valence-electron chi connectivity index (χ3n) is 12.0. The summed E-state index contributed by atoms with van der Waals surface area (Å²) < 4.78 is 0. The summed E-state index contributed by atoms with van der Waals surface area (Å²) >= 11 is 0. The molecule has 2 fully saturated rings. The van der Waals surface area contributed by atoms with Gasteiger partial charge in [0.15, 0.2) is 0 Å². The molecule has 0 heterocycles. The van der Waals surface area contributed by atoms with Crippen molar-refractivity contribution in [3.8, 4) is 5.75 Å². The molecule has 5 nitrogen and oxygen atoms in total. The monoisotopic (exact) mass is 528 g/mol. The van der Waals surface area contributed by atoms with Gasteiger partial charge in [-0.15, -0.1) is 0 Å². The quantitative estimate of drug-likeness (QED) is 0.313. The van der Waals surface area contributed by atoms with Gasteiger partial charge in [0.2, 0.25) is 11.8 Å². The summed E-state index contributed by atoms with van der Waals surface area (Å²) in [5.74, 6) is 0.357. The molecule has 6 rings (SSSR count). The van der Waals surface area contributed by atoms with E-state index in [1.165, 1.54) is 22.3 Å². The van der Waals surface area contributed by atoms with Gasteiger partial charge in [-0.3, -0.25) is 14.9 Å². The van der Waals surface area contributed by atoms with Crippen molar-refractivity contribution in [1.82, 2.24) is 5.32 Å². The predicted octanol–water partition coefficient (Wildman–Crippen LogP) is 6.34. The molecule has 0 aliphatic heterocycles. The number of nitrogens with two attached hydrogens (primary N) is 1. The number of phenolic OH excluding ortho intramolecular Hbond substituents is 1. The fraction of sp³-hybridized carbons (Fsp3) is 0.588. The molecule has 2 saturated carbocycles. The molecular formula is C34H44N2O3. The fourth-order valence-electron chi connectivity index (χ4n) is 9.86. The molecule has 4 aliphatic rings. The summed E-state index contributed by atoms with van der Waals surface area (Å²) in [6.45, 7) is 8.76. The van der Waals surface area contributed by atoms with Crippen LogP contribution in [0.2, 0.25) is 0 Å². The average Bonchev–Trinajstić information content (AvgIpc) is 2.89. The Kier molecular flexibility index (Phi) is 5.99. The molecule has 0 unspecified atom stereocenters. The van der Waals surface area contributed by atoms with E-state index in [0.29, 0.717) is 0 Å². The first kappa shape index (κ1) is 26.4. The van der Waals surface area contributed by atoms with Crippen LogP contribution in [0.15, 0.2) is 36.4 Å². The first-order chi connectivity index (χ1) is 18.4. The molecule has 0 aromatic heterocycles. The van der Waals surface area contributed by atoms with E-state index in [1.54, 1.807) is 6.07 Å². The Labute approximate surface area is 233 Å². The normalized spacial score (nSPS) is 37.0. The summed E-state index contributed by atoms with van der Waals surface area (Å²) in [6.07, 6.45) is 9.20. The number of phenols is 1. The van der Waals surface area contributed by atoms with Gasteiger partial charge in [0.1, 0.15) is 5.75 Å². The van der Waals surface area contributed by atoms with Crippen molar-refractivity contribution in [2.24, 2.45) is 22.7 Å². The average molecular weight is 529 g/mol. The Morgan fingerprint density at radius 2 is 1.26 bits per heavy atom. The van der Waals surface area contributed by atoms with E-state index in [9.17, 15) is 14.7 Å². The number of fused-ring (bicyclic) bond motifs is 6. The lowest BCUT2D eigenvalue weighted by atomic mass is 9.49. The Morgan fingerprint density at radius 3 is 1.79 bits per heavy atom. The van der Waals surface area contributed by atoms with Crippen molar-refractivity contribution in [2.45, 2.75) is 103 Å². The number of imide groups is 1. The van der Waals surface area contributed by atoms with Crippen molar-refractivity contribution >= 4 is 17.5 Å². The molecule has 2 aromatic rings. The maximum Gasteiger partial charge on any atom is 0.232 e. The minimum absolute atomic E-state index is 0.0990. The molecule has 39 heavy (non-hydrogen) atoms. The van der Waals surface area contributed by atoms with E-state index >= 15 is 0 Å². The topological polar surface area (TPSA) is 92.4 Å². The van der Waals surface area contributed by atoms with Crippen molar-refractivity contribution in [2.75, 3.05) is 5.73 Å². The maximum absolute atomic E-state index is 14.2. The number of aryl methyl sites for hydroxylation is 2. The minimum Gasteiger partial charge on any atom is -0.508 e. The predicted molar refractivity (Wildman–Crippen MR) is 154 cm³/mol. The zero-order chi connectivity index (χ0) is 27.8. The fourth-order valence-corrected chi connectivity index (χ4v) is 9.86. The zero-order valence-corrected chi connectivity index (χ0v) is 24.0. The van der Waals surface area contributed by atoms with Crippen LogP contribution in [0.5, 0.6) is 5.75 Å². The van der Waals surface area contributed by atoms with Crippen LogP contribution in [0.3, 0.4) is 0 Å².